The Hall–Kier alpha value is -4.45. The number of aromatic nitrogens is 1. The first-order valence-electron chi connectivity index (χ1n) is 17.6. The molecule has 4 aromatic rings. The van der Waals surface area contributed by atoms with Crippen LogP contribution in [-0.4, -0.2) is 93.4 Å². The van der Waals surface area contributed by atoms with E-state index in [1.165, 1.54) is 22.3 Å². The third kappa shape index (κ3) is 12.7. The number of methoxy groups -OCH3 is 1. The molecule has 10 nitrogen and oxygen atoms in total. The maximum atomic E-state index is 12.8. The highest BCUT2D eigenvalue weighted by Gasteiger charge is 2.18. The highest BCUT2D eigenvalue weighted by Crippen LogP contribution is 2.25. The normalized spacial score (nSPS) is 13.0. The number of hydrogen-bond donors (Lipinski definition) is 4. The molecule has 3 atom stereocenters. The molecule has 11 heteroatoms. The topological polar surface area (TPSA) is 111 Å². The van der Waals surface area contributed by atoms with Crippen LogP contribution in [0.15, 0.2) is 77.5 Å². The number of hydrogen-bond acceptors (Lipinski definition) is 7. The number of urea groups is 2. The third-order valence-electron chi connectivity index (χ3n) is 9.18. The molecule has 4 N–H and O–H groups in total. The summed E-state index contributed by atoms with van der Waals surface area (Å²) in [6.07, 6.45) is 3.05. The fourth-order valence-electron chi connectivity index (χ4n) is 6.04. The standard InChI is InChI=1S/C40H55N7O3S/c1-28-18-34(45-38(50-7)37(28)25-43-39(48)41-23-35(46(3)4)20-30-14-10-8-11-15-30)22-33-27-51-26-32(33)19-29(2)44-40(49)42-24-36(47(5)6)21-31-16-12-9-13-17-31/h8-18,26-27,29,35-36H,19-25H2,1-7H3,(H2,41,43,48)(H2,42,44,49)/t29-,35-,36-/m1/s1. The predicted molar refractivity (Wildman–Crippen MR) is 208 cm³/mol. The number of likely N-dealkylation sites (N-methyl/N-ethyl adjacent to an activating group) is 2. The van der Waals surface area contributed by atoms with Crippen LogP contribution in [0.5, 0.6) is 5.88 Å². The second-order valence-corrected chi connectivity index (χ2v) is 14.4. The van der Waals surface area contributed by atoms with Gasteiger partial charge < -0.3 is 35.8 Å². The quantitative estimate of drug-likeness (QED) is 0.110. The van der Waals surface area contributed by atoms with Gasteiger partial charge in [-0.05, 0) is 106 Å². The van der Waals surface area contributed by atoms with Gasteiger partial charge >= 0.3 is 12.1 Å². The molecule has 0 aliphatic heterocycles. The smallest absolute Gasteiger partial charge is 0.315 e. The summed E-state index contributed by atoms with van der Waals surface area (Å²) in [6, 6.07) is 22.6. The number of carbonyl (C=O) groups is 2. The SMILES string of the molecule is COc1nc(Cc2cscc2C[C@@H](C)NC(=O)NC[C@@H](Cc2ccccc2)N(C)C)cc(C)c1CNC(=O)NC[C@@H](Cc1ccccc1)N(C)C. The molecule has 2 heterocycles. The third-order valence-corrected chi connectivity index (χ3v) is 10.0. The molecular formula is C40H55N7O3S. The van der Waals surface area contributed by atoms with Crippen molar-refractivity contribution in [1.82, 2.24) is 36.1 Å². The number of aryl methyl sites for hydroxylation is 1. The number of rotatable bonds is 18. The zero-order valence-corrected chi connectivity index (χ0v) is 32.0. The van der Waals surface area contributed by atoms with E-state index in [0.717, 1.165) is 29.7 Å². The summed E-state index contributed by atoms with van der Waals surface area (Å²) >= 11 is 1.65. The van der Waals surface area contributed by atoms with Crippen LogP contribution in [0, 0.1) is 6.92 Å². The molecule has 0 aliphatic rings. The number of pyridine rings is 1. The van der Waals surface area contributed by atoms with Gasteiger partial charge in [0.15, 0.2) is 0 Å². The largest absolute Gasteiger partial charge is 0.481 e. The minimum absolute atomic E-state index is 0.0551. The van der Waals surface area contributed by atoms with E-state index < -0.39 is 0 Å². The summed E-state index contributed by atoms with van der Waals surface area (Å²) in [5, 5.41) is 16.5. The Labute approximate surface area is 308 Å². The Kier molecular flexibility index (Phi) is 15.3. The van der Waals surface area contributed by atoms with Crippen molar-refractivity contribution >= 4 is 23.4 Å². The van der Waals surface area contributed by atoms with Crippen molar-refractivity contribution in [2.75, 3.05) is 48.4 Å². The van der Waals surface area contributed by atoms with Crippen molar-refractivity contribution in [1.29, 1.82) is 0 Å². The minimum atomic E-state index is -0.232. The fourth-order valence-corrected chi connectivity index (χ4v) is 6.92. The molecule has 0 radical (unpaired) electrons. The van der Waals surface area contributed by atoms with E-state index in [-0.39, 0.29) is 30.2 Å². The first-order valence-corrected chi connectivity index (χ1v) is 18.5. The number of thiophene rings is 1. The van der Waals surface area contributed by atoms with Crippen LogP contribution < -0.4 is 26.0 Å². The highest BCUT2D eigenvalue weighted by atomic mass is 32.1. The van der Waals surface area contributed by atoms with Crippen LogP contribution in [0.2, 0.25) is 0 Å². The summed E-state index contributed by atoms with van der Waals surface area (Å²) in [4.78, 5) is 34.7. The van der Waals surface area contributed by atoms with Crippen LogP contribution in [0.4, 0.5) is 9.59 Å². The van der Waals surface area contributed by atoms with E-state index >= 15 is 0 Å². The van der Waals surface area contributed by atoms with Crippen LogP contribution in [-0.2, 0) is 32.2 Å². The Balaban J connectivity index is 1.28. The zero-order valence-electron chi connectivity index (χ0n) is 31.2. The van der Waals surface area contributed by atoms with E-state index in [0.29, 0.717) is 38.4 Å². The second-order valence-electron chi connectivity index (χ2n) is 13.7. The molecule has 0 fully saturated rings. The molecule has 0 saturated carbocycles. The molecule has 2 aromatic heterocycles. The van der Waals surface area contributed by atoms with Crippen LogP contribution in [0.3, 0.4) is 0 Å². The van der Waals surface area contributed by atoms with Crippen molar-refractivity contribution < 1.29 is 14.3 Å². The highest BCUT2D eigenvalue weighted by molar-refractivity contribution is 7.08. The van der Waals surface area contributed by atoms with Gasteiger partial charge in [-0.2, -0.15) is 11.3 Å². The average Bonchev–Trinajstić information content (AvgIpc) is 3.53. The van der Waals surface area contributed by atoms with Crippen LogP contribution in [0.1, 0.15) is 46.0 Å². The maximum absolute atomic E-state index is 12.8. The minimum Gasteiger partial charge on any atom is -0.481 e. The summed E-state index contributed by atoms with van der Waals surface area (Å²) in [7, 11) is 9.75. The Morgan fingerprint density at radius 2 is 1.33 bits per heavy atom. The van der Waals surface area contributed by atoms with E-state index in [1.807, 2.05) is 78.4 Å². The van der Waals surface area contributed by atoms with Crippen molar-refractivity contribution in [2.24, 2.45) is 0 Å². The number of carbonyl (C=O) groups excluding carboxylic acids is 2. The molecule has 0 spiro atoms. The summed E-state index contributed by atoms with van der Waals surface area (Å²) in [6.45, 7) is 5.43. The van der Waals surface area contributed by atoms with E-state index in [4.69, 9.17) is 9.72 Å². The summed E-state index contributed by atoms with van der Waals surface area (Å²) < 4.78 is 5.70. The summed E-state index contributed by atoms with van der Waals surface area (Å²) in [5.74, 6) is 0.507. The van der Waals surface area contributed by atoms with Gasteiger partial charge in [-0.3, -0.25) is 0 Å². The van der Waals surface area contributed by atoms with Gasteiger partial charge in [0.2, 0.25) is 5.88 Å². The Morgan fingerprint density at radius 3 is 1.88 bits per heavy atom. The molecule has 0 unspecified atom stereocenters. The first-order chi connectivity index (χ1) is 24.5. The predicted octanol–water partition coefficient (Wildman–Crippen LogP) is 5.43. The van der Waals surface area contributed by atoms with E-state index in [1.54, 1.807) is 18.4 Å². The first kappa shape index (κ1) is 39.3. The fraction of sp³-hybridized carbons (Fsp3) is 0.425. The molecule has 0 bridgehead atoms. The van der Waals surface area contributed by atoms with Gasteiger partial charge in [0.1, 0.15) is 0 Å². The molecule has 51 heavy (non-hydrogen) atoms. The number of benzene rings is 2. The van der Waals surface area contributed by atoms with Gasteiger partial charge in [0.25, 0.3) is 0 Å². The zero-order chi connectivity index (χ0) is 36.8. The van der Waals surface area contributed by atoms with Crippen molar-refractivity contribution in [3.63, 3.8) is 0 Å². The van der Waals surface area contributed by atoms with Crippen molar-refractivity contribution in [3.05, 3.63) is 117 Å². The average molecular weight is 714 g/mol. The molecule has 4 rings (SSSR count). The van der Waals surface area contributed by atoms with E-state index in [9.17, 15) is 9.59 Å². The van der Waals surface area contributed by atoms with Crippen molar-refractivity contribution in [2.45, 2.75) is 64.2 Å². The maximum Gasteiger partial charge on any atom is 0.315 e. The summed E-state index contributed by atoms with van der Waals surface area (Å²) in [5.41, 5.74) is 7.58. The molecular weight excluding hydrogens is 659 g/mol. The van der Waals surface area contributed by atoms with Gasteiger partial charge in [-0.15, -0.1) is 0 Å². The lowest BCUT2D eigenvalue weighted by atomic mass is 10.0. The van der Waals surface area contributed by atoms with Crippen LogP contribution in [0.25, 0.3) is 0 Å². The molecule has 4 amide bonds. The lowest BCUT2D eigenvalue weighted by Crippen LogP contribution is -2.47. The number of nitrogens with zero attached hydrogens (tertiary/aromatic N) is 3. The van der Waals surface area contributed by atoms with Gasteiger partial charge in [-0.25, -0.2) is 14.6 Å². The number of ether oxygens (including phenoxy) is 1. The van der Waals surface area contributed by atoms with Gasteiger partial charge in [0.05, 0.1) is 13.7 Å². The molecule has 0 aliphatic carbocycles. The lowest BCUT2D eigenvalue weighted by Gasteiger charge is -2.25. The number of amides is 4. The molecule has 2 aromatic carbocycles. The molecule has 274 valence electrons. The van der Waals surface area contributed by atoms with Gasteiger partial charge in [-0.1, -0.05) is 60.7 Å². The van der Waals surface area contributed by atoms with E-state index in [2.05, 4.69) is 72.2 Å². The molecule has 0 saturated heterocycles. The number of nitrogens with one attached hydrogen (secondary N) is 4. The van der Waals surface area contributed by atoms with Gasteiger partial charge in [0, 0.05) is 48.9 Å². The Bertz CT molecular complexity index is 1660. The lowest BCUT2D eigenvalue weighted by molar-refractivity contribution is 0.229. The van der Waals surface area contributed by atoms with Crippen molar-refractivity contribution in [3.8, 4) is 5.88 Å². The monoisotopic (exact) mass is 713 g/mol. The Morgan fingerprint density at radius 1 is 0.784 bits per heavy atom. The van der Waals surface area contributed by atoms with Crippen LogP contribution >= 0.6 is 11.3 Å². The second kappa shape index (κ2) is 19.8.